The first kappa shape index (κ1) is 10.4. The van der Waals surface area contributed by atoms with E-state index in [4.69, 9.17) is 0 Å². The van der Waals surface area contributed by atoms with Crippen molar-refractivity contribution in [3.05, 3.63) is 0 Å². The van der Waals surface area contributed by atoms with Crippen LogP contribution in [0.4, 0.5) is 0 Å². The summed E-state index contributed by atoms with van der Waals surface area (Å²) in [5.41, 5.74) is 0.649. The van der Waals surface area contributed by atoms with Gasteiger partial charge in [-0.05, 0) is 51.6 Å². The smallest absolute Gasteiger partial charge is 0.0224 e. The topological polar surface area (TPSA) is 15.3 Å². The monoisotopic (exact) mass is 196 g/mol. The van der Waals surface area contributed by atoms with Gasteiger partial charge >= 0.3 is 0 Å². The number of likely N-dealkylation sites (tertiary alicyclic amines) is 1. The summed E-state index contributed by atoms with van der Waals surface area (Å²) in [6, 6.07) is 1.59. The van der Waals surface area contributed by atoms with Crippen molar-refractivity contribution in [3.63, 3.8) is 0 Å². The SMILES string of the molecule is CNCC1CCCN1C(C)C1(C)CC1. The Balaban J connectivity index is 1.94. The van der Waals surface area contributed by atoms with Gasteiger partial charge in [0.1, 0.15) is 0 Å². The summed E-state index contributed by atoms with van der Waals surface area (Å²) < 4.78 is 0. The van der Waals surface area contributed by atoms with Crippen LogP contribution in [-0.4, -0.2) is 37.1 Å². The molecule has 0 aromatic rings. The molecular formula is C12H24N2. The quantitative estimate of drug-likeness (QED) is 0.738. The van der Waals surface area contributed by atoms with Crippen LogP contribution in [0, 0.1) is 5.41 Å². The zero-order chi connectivity index (χ0) is 10.2. The lowest BCUT2D eigenvalue weighted by Gasteiger charge is -2.34. The molecule has 0 aromatic carbocycles. The summed E-state index contributed by atoms with van der Waals surface area (Å²) in [5, 5.41) is 3.32. The molecule has 0 aromatic heterocycles. The van der Waals surface area contributed by atoms with Crippen molar-refractivity contribution in [2.45, 2.75) is 51.6 Å². The number of hydrogen-bond acceptors (Lipinski definition) is 2. The van der Waals surface area contributed by atoms with Gasteiger partial charge in [-0.15, -0.1) is 0 Å². The molecule has 2 fully saturated rings. The van der Waals surface area contributed by atoms with Gasteiger partial charge < -0.3 is 5.32 Å². The average molecular weight is 196 g/mol. The molecule has 0 spiro atoms. The van der Waals surface area contributed by atoms with Crippen LogP contribution in [0.5, 0.6) is 0 Å². The van der Waals surface area contributed by atoms with Gasteiger partial charge in [-0.1, -0.05) is 6.92 Å². The van der Waals surface area contributed by atoms with E-state index in [2.05, 4.69) is 31.1 Å². The molecule has 0 bridgehead atoms. The lowest BCUT2D eigenvalue weighted by molar-refractivity contribution is 0.135. The summed E-state index contributed by atoms with van der Waals surface area (Å²) in [6.45, 7) is 7.37. The lowest BCUT2D eigenvalue weighted by Crippen LogP contribution is -2.45. The Hall–Kier alpha value is -0.0800. The first-order valence-corrected chi connectivity index (χ1v) is 6.08. The van der Waals surface area contributed by atoms with Crippen LogP contribution in [0.2, 0.25) is 0 Å². The molecule has 14 heavy (non-hydrogen) atoms. The van der Waals surface area contributed by atoms with Gasteiger partial charge in [-0.3, -0.25) is 4.90 Å². The van der Waals surface area contributed by atoms with Gasteiger partial charge in [-0.25, -0.2) is 0 Å². The third-order valence-electron chi connectivity index (χ3n) is 4.41. The fourth-order valence-electron chi connectivity index (χ4n) is 2.84. The highest BCUT2D eigenvalue weighted by Crippen LogP contribution is 2.50. The van der Waals surface area contributed by atoms with E-state index in [-0.39, 0.29) is 0 Å². The maximum Gasteiger partial charge on any atom is 0.0224 e. The molecule has 2 aliphatic rings. The highest BCUT2D eigenvalue weighted by molar-refractivity contribution is 5.00. The van der Waals surface area contributed by atoms with Crippen LogP contribution in [-0.2, 0) is 0 Å². The second-order valence-electron chi connectivity index (χ2n) is 5.42. The number of nitrogens with zero attached hydrogens (tertiary/aromatic N) is 1. The summed E-state index contributed by atoms with van der Waals surface area (Å²) in [6.07, 6.45) is 5.67. The summed E-state index contributed by atoms with van der Waals surface area (Å²) in [7, 11) is 2.07. The van der Waals surface area contributed by atoms with E-state index in [1.54, 1.807) is 0 Å². The third kappa shape index (κ3) is 1.82. The van der Waals surface area contributed by atoms with Crippen molar-refractivity contribution in [1.82, 2.24) is 10.2 Å². The largest absolute Gasteiger partial charge is 0.318 e. The lowest BCUT2D eigenvalue weighted by atomic mass is 9.98. The molecule has 1 heterocycles. The van der Waals surface area contributed by atoms with E-state index < -0.39 is 0 Å². The molecule has 1 aliphatic heterocycles. The maximum absolute atomic E-state index is 3.32. The van der Waals surface area contributed by atoms with Crippen LogP contribution in [0.3, 0.4) is 0 Å². The van der Waals surface area contributed by atoms with E-state index in [0.717, 1.165) is 12.1 Å². The number of nitrogens with one attached hydrogen (secondary N) is 1. The van der Waals surface area contributed by atoms with E-state index in [9.17, 15) is 0 Å². The van der Waals surface area contributed by atoms with E-state index in [1.807, 2.05) is 0 Å². The molecule has 2 heteroatoms. The van der Waals surface area contributed by atoms with Gasteiger partial charge in [0, 0.05) is 18.6 Å². The Kier molecular flexibility index (Phi) is 2.85. The van der Waals surface area contributed by atoms with Crippen molar-refractivity contribution in [3.8, 4) is 0 Å². The van der Waals surface area contributed by atoms with Gasteiger partial charge in [0.15, 0.2) is 0 Å². The molecule has 82 valence electrons. The molecule has 0 amide bonds. The molecule has 2 rings (SSSR count). The highest BCUT2D eigenvalue weighted by atomic mass is 15.2. The van der Waals surface area contributed by atoms with Gasteiger partial charge in [-0.2, -0.15) is 0 Å². The summed E-state index contributed by atoms with van der Waals surface area (Å²) in [4.78, 5) is 2.74. The predicted octanol–water partition coefficient (Wildman–Crippen LogP) is 1.86. The molecular weight excluding hydrogens is 172 g/mol. The zero-order valence-corrected chi connectivity index (χ0v) is 9.84. The number of rotatable bonds is 4. The zero-order valence-electron chi connectivity index (χ0n) is 9.84. The molecule has 1 saturated heterocycles. The Bertz CT molecular complexity index is 198. The molecule has 1 aliphatic carbocycles. The molecule has 1 N–H and O–H groups in total. The van der Waals surface area contributed by atoms with E-state index >= 15 is 0 Å². The number of likely N-dealkylation sites (N-methyl/N-ethyl adjacent to an activating group) is 1. The molecule has 2 atom stereocenters. The van der Waals surface area contributed by atoms with Crippen LogP contribution >= 0.6 is 0 Å². The van der Waals surface area contributed by atoms with Crippen molar-refractivity contribution < 1.29 is 0 Å². The molecule has 2 nitrogen and oxygen atoms in total. The molecule has 1 saturated carbocycles. The Labute approximate surface area is 88.1 Å². The second-order valence-corrected chi connectivity index (χ2v) is 5.42. The second kappa shape index (κ2) is 3.82. The van der Waals surface area contributed by atoms with Crippen molar-refractivity contribution >= 4 is 0 Å². The van der Waals surface area contributed by atoms with Gasteiger partial charge in [0.25, 0.3) is 0 Å². The normalized spacial score (nSPS) is 33.2. The fourth-order valence-corrected chi connectivity index (χ4v) is 2.84. The maximum atomic E-state index is 3.32. The Morgan fingerprint density at radius 1 is 1.50 bits per heavy atom. The predicted molar refractivity (Wildman–Crippen MR) is 60.5 cm³/mol. The standard InChI is InChI=1S/C12H24N2/c1-10(12(2)6-7-12)14-8-4-5-11(14)9-13-3/h10-11,13H,4-9H2,1-3H3. The summed E-state index contributed by atoms with van der Waals surface area (Å²) >= 11 is 0. The minimum atomic E-state index is 0.649. The van der Waals surface area contributed by atoms with Crippen molar-refractivity contribution in [2.75, 3.05) is 20.1 Å². The molecule has 2 unspecified atom stereocenters. The van der Waals surface area contributed by atoms with Crippen molar-refractivity contribution in [2.24, 2.45) is 5.41 Å². The fraction of sp³-hybridized carbons (Fsp3) is 1.00. The van der Waals surface area contributed by atoms with Crippen molar-refractivity contribution in [1.29, 1.82) is 0 Å². The van der Waals surface area contributed by atoms with Crippen LogP contribution in [0.15, 0.2) is 0 Å². The highest BCUT2D eigenvalue weighted by Gasteiger charge is 2.46. The van der Waals surface area contributed by atoms with Crippen LogP contribution in [0.1, 0.15) is 39.5 Å². The number of hydrogen-bond donors (Lipinski definition) is 1. The van der Waals surface area contributed by atoms with E-state index in [0.29, 0.717) is 5.41 Å². The Morgan fingerprint density at radius 3 is 2.79 bits per heavy atom. The molecule has 0 radical (unpaired) electrons. The minimum Gasteiger partial charge on any atom is -0.318 e. The first-order chi connectivity index (χ1) is 6.67. The van der Waals surface area contributed by atoms with Crippen LogP contribution in [0.25, 0.3) is 0 Å². The average Bonchev–Trinajstić information content (AvgIpc) is 2.76. The van der Waals surface area contributed by atoms with Gasteiger partial charge in [0.05, 0.1) is 0 Å². The first-order valence-electron chi connectivity index (χ1n) is 6.08. The minimum absolute atomic E-state index is 0.649. The van der Waals surface area contributed by atoms with Crippen LogP contribution < -0.4 is 5.32 Å². The van der Waals surface area contributed by atoms with E-state index in [1.165, 1.54) is 38.8 Å². The Morgan fingerprint density at radius 2 is 2.21 bits per heavy atom. The third-order valence-corrected chi connectivity index (χ3v) is 4.41. The van der Waals surface area contributed by atoms with Gasteiger partial charge in [0.2, 0.25) is 0 Å². The summed E-state index contributed by atoms with van der Waals surface area (Å²) in [5.74, 6) is 0.